The fourth-order valence-electron chi connectivity index (χ4n) is 1.69. The summed E-state index contributed by atoms with van der Waals surface area (Å²) in [7, 11) is -1.24. The van der Waals surface area contributed by atoms with E-state index >= 15 is 0 Å². The summed E-state index contributed by atoms with van der Waals surface area (Å²) in [6.45, 7) is 6.59. The largest absolute Gasteiger partial charge is 0.394 e. The van der Waals surface area contributed by atoms with E-state index in [2.05, 4.69) is 19.6 Å². The molecule has 1 heterocycles. The topological polar surface area (TPSA) is 99.4 Å². The predicted octanol–water partition coefficient (Wildman–Crippen LogP) is -0.859. The van der Waals surface area contributed by atoms with Gasteiger partial charge in [-0.25, -0.2) is 0 Å². The van der Waals surface area contributed by atoms with Crippen LogP contribution in [0.15, 0.2) is 0 Å². The van der Waals surface area contributed by atoms with Gasteiger partial charge < -0.3 is 29.9 Å². The molecular weight excluding hydrogens is 256 g/mol. The van der Waals surface area contributed by atoms with Crippen LogP contribution in [0.25, 0.3) is 0 Å². The number of hydrogen-bond donors (Lipinski definition) is 4. The molecule has 0 aromatic rings. The second-order valence-electron chi connectivity index (χ2n) is 5.88. The van der Waals surface area contributed by atoms with Gasteiger partial charge in [0, 0.05) is 14.7 Å². The van der Waals surface area contributed by atoms with Crippen LogP contribution in [0.2, 0.25) is 25.7 Å². The monoisotopic (exact) mass is 280 g/mol. The maximum Gasteiger partial charge on any atom is 0.186 e. The zero-order valence-electron chi connectivity index (χ0n) is 11.1. The first kappa shape index (κ1) is 16.0. The number of hydrogen-bond acceptors (Lipinski definition) is 6. The molecule has 18 heavy (non-hydrogen) atoms. The van der Waals surface area contributed by atoms with Gasteiger partial charge in [0.1, 0.15) is 24.4 Å². The average molecular weight is 280 g/mol. The van der Waals surface area contributed by atoms with Crippen molar-refractivity contribution in [3.05, 3.63) is 0 Å². The van der Waals surface area contributed by atoms with Gasteiger partial charge in [0.2, 0.25) is 0 Å². The van der Waals surface area contributed by atoms with Gasteiger partial charge in [0.15, 0.2) is 6.29 Å². The van der Waals surface area contributed by atoms with Crippen LogP contribution in [0.3, 0.4) is 0 Å². The summed E-state index contributed by atoms with van der Waals surface area (Å²) in [5.41, 5.74) is 0. The van der Waals surface area contributed by atoms with Crippen molar-refractivity contribution in [1.29, 1.82) is 0 Å². The van der Waals surface area contributed by atoms with E-state index < -0.39 is 45.4 Å². The van der Waals surface area contributed by atoms with E-state index in [0.29, 0.717) is 6.61 Å². The molecule has 1 rings (SSSR count). The fraction of sp³-hybridized carbons (Fsp3) is 1.00. The summed E-state index contributed by atoms with van der Waals surface area (Å²) < 4.78 is 10.6. The van der Waals surface area contributed by atoms with E-state index in [-0.39, 0.29) is 0 Å². The molecule has 6 nitrogen and oxygen atoms in total. The Morgan fingerprint density at radius 1 is 1.06 bits per heavy atom. The first-order valence-corrected chi connectivity index (χ1v) is 9.89. The van der Waals surface area contributed by atoms with Crippen molar-refractivity contribution in [2.24, 2.45) is 0 Å². The first-order valence-electron chi connectivity index (χ1n) is 6.18. The zero-order valence-corrected chi connectivity index (χ0v) is 12.1. The van der Waals surface area contributed by atoms with Gasteiger partial charge in [-0.15, -0.1) is 0 Å². The number of ether oxygens (including phenoxy) is 2. The Hall–Kier alpha value is -0.0231. The van der Waals surface area contributed by atoms with Gasteiger partial charge in [-0.05, 0) is 6.04 Å². The van der Waals surface area contributed by atoms with Crippen LogP contribution >= 0.6 is 0 Å². The minimum absolute atomic E-state index is 0.429. The third-order valence-corrected chi connectivity index (χ3v) is 4.69. The molecule has 0 spiro atoms. The summed E-state index contributed by atoms with van der Waals surface area (Å²) in [5, 5.41) is 37.9. The molecule has 0 amide bonds. The number of aliphatic hydroxyl groups is 4. The zero-order chi connectivity index (χ0) is 13.9. The molecule has 7 heteroatoms. The Kier molecular flexibility index (Phi) is 5.72. The van der Waals surface area contributed by atoms with Crippen LogP contribution in [0.1, 0.15) is 0 Å². The molecule has 4 N–H and O–H groups in total. The van der Waals surface area contributed by atoms with Crippen LogP contribution in [0, 0.1) is 0 Å². The van der Waals surface area contributed by atoms with Gasteiger partial charge in [-0.2, -0.15) is 0 Å². The third kappa shape index (κ3) is 4.27. The minimum atomic E-state index is -1.37. The van der Waals surface area contributed by atoms with Crippen molar-refractivity contribution in [1.82, 2.24) is 0 Å². The highest BCUT2D eigenvalue weighted by molar-refractivity contribution is 6.76. The molecule has 0 bridgehead atoms. The fourth-order valence-corrected chi connectivity index (χ4v) is 2.42. The van der Waals surface area contributed by atoms with Crippen LogP contribution in [0.4, 0.5) is 0 Å². The molecule has 0 saturated carbocycles. The lowest BCUT2D eigenvalue weighted by atomic mass is 9.99. The smallest absolute Gasteiger partial charge is 0.186 e. The molecule has 1 aliphatic rings. The molecule has 0 aliphatic carbocycles. The molecule has 1 aliphatic heterocycles. The third-order valence-electron chi connectivity index (χ3n) is 2.98. The van der Waals surface area contributed by atoms with Gasteiger partial charge in [0.25, 0.3) is 0 Å². The second kappa shape index (κ2) is 6.42. The van der Waals surface area contributed by atoms with E-state index in [0.717, 1.165) is 6.04 Å². The lowest BCUT2D eigenvalue weighted by Crippen LogP contribution is -2.59. The van der Waals surface area contributed by atoms with E-state index in [1.54, 1.807) is 0 Å². The van der Waals surface area contributed by atoms with E-state index in [1.165, 1.54) is 0 Å². The van der Waals surface area contributed by atoms with E-state index in [4.69, 9.17) is 14.6 Å². The highest BCUT2D eigenvalue weighted by Gasteiger charge is 2.43. The molecular formula is C11H24O6Si. The summed E-state index contributed by atoms with van der Waals surface area (Å²) in [6, 6.07) is 0.905. The van der Waals surface area contributed by atoms with Crippen molar-refractivity contribution < 1.29 is 29.9 Å². The summed E-state index contributed by atoms with van der Waals surface area (Å²) in [4.78, 5) is 0. The maximum atomic E-state index is 9.72. The van der Waals surface area contributed by atoms with Crippen LogP contribution in [-0.2, 0) is 9.47 Å². The molecule has 5 unspecified atom stereocenters. The Balaban J connectivity index is 2.49. The molecule has 1 saturated heterocycles. The standard InChI is InChI=1S/C11H24O6Si/c1-18(2,3)5-4-16-11-10(15)9(14)8(13)7(6-12)17-11/h7-15H,4-6H2,1-3H3. The quantitative estimate of drug-likeness (QED) is 0.489. The lowest BCUT2D eigenvalue weighted by molar-refractivity contribution is -0.300. The second-order valence-corrected chi connectivity index (χ2v) is 11.5. The molecule has 1 fully saturated rings. The van der Waals surface area contributed by atoms with Crippen molar-refractivity contribution in [2.75, 3.05) is 13.2 Å². The van der Waals surface area contributed by atoms with Gasteiger partial charge in [-0.3, -0.25) is 0 Å². The van der Waals surface area contributed by atoms with Gasteiger partial charge in [-0.1, -0.05) is 19.6 Å². The Labute approximate surface area is 108 Å². The Bertz CT molecular complexity index is 254. The molecule has 0 aromatic carbocycles. The van der Waals surface area contributed by atoms with Crippen molar-refractivity contribution in [2.45, 2.75) is 56.4 Å². The Morgan fingerprint density at radius 3 is 2.17 bits per heavy atom. The predicted molar refractivity (Wildman–Crippen MR) is 67.9 cm³/mol. The van der Waals surface area contributed by atoms with E-state index in [9.17, 15) is 15.3 Å². The molecule has 108 valence electrons. The first-order chi connectivity index (χ1) is 8.26. The van der Waals surface area contributed by atoms with Crippen molar-refractivity contribution in [3.8, 4) is 0 Å². The van der Waals surface area contributed by atoms with Crippen molar-refractivity contribution in [3.63, 3.8) is 0 Å². The average Bonchev–Trinajstić information content (AvgIpc) is 2.27. The van der Waals surface area contributed by atoms with Gasteiger partial charge >= 0.3 is 0 Å². The van der Waals surface area contributed by atoms with Crippen LogP contribution < -0.4 is 0 Å². The SMILES string of the molecule is C[Si](C)(C)CCOC1OC(CO)C(O)C(O)C1O. The van der Waals surface area contributed by atoms with Gasteiger partial charge in [0.05, 0.1) is 6.61 Å². The lowest BCUT2D eigenvalue weighted by Gasteiger charge is -2.39. The summed E-state index contributed by atoms with van der Waals surface area (Å²) in [5.74, 6) is 0. The van der Waals surface area contributed by atoms with Crippen LogP contribution in [-0.4, -0.2) is 72.4 Å². The summed E-state index contributed by atoms with van der Waals surface area (Å²) in [6.07, 6.45) is -5.91. The molecule has 5 atom stereocenters. The number of rotatable bonds is 5. The van der Waals surface area contributed by atoms with E-state index in [1.807, 2.05) is 0 Å². The number of aliphatic hydroxyl groups excluding tert-OH is 4. The molecule has 0 radical (unpaired) electrons. The Morgan fingerprint density at radius 2 is 1.67 bits per heavy atom. The molecule has 0 aromatic heterocycles. The maximum absolute atomic E-state index is 9.72. The minimum Gasteiger partial charge on any atom is -0.394 e. The normalized spacial score (nSPS) is 37.8. The highest BCUT2D eigenvalue weighted by atomic mass is 28.3. The van der Waals surface area contributed by atoms with Crippen molar-refractivity contribution >= 4 is 8.07 Å². The highest BCUT2D eigenvalue weighted by Crippen LogP contribution is 2.22. The van der Waals surface area contributed by atoms with Crippen LogP contribution in [0.5, 0.6) is 0 Å². The summed E-state index contributed by atoms with van der Waals surface area (Å²) >= 11 is 0.